The van der Waals surface area contributed by atoms with Gasteiger partial charge in [-0.1, -0.05) is 13.0 Å². The molecule has 74 valence electrons. The molecule has 0 saturated heterocycles. The highest BCUT2D eigenvalue weighted by molar-refractivity contribution is 7.10. The summed E-state index contributed by atoms with van der Waals surface area (Å²) < 4.78 is 6.08. The van der Waals surface area contributed by atoms with E-state index >= 15 is 0 Å². The molecule has 0 radical (unpaired) electrons. The lowest BCUT2D eigenvalue weighted by molar-refractivity contribution is 0.197. The Bertz CT molecular complexity index is 238. The van der Waals surface area contributed by atoms with Crippen molar-refractivity contribution in [1.29, 1.82) is 0 Å². The molecule has 0 aliphatic heterocycles. The van der Waals surface area contributed by atoms with E-state index in [9.17, 15) is 0 Å². The Morgan fingerprint density at radius 2 is 2.15 bits per heavy atom. The second-order valence-corrected chi connectivity index (χ2v) is 9.58. The molecule has 0 aliphatic carbocycles. The van der Waals surface area contributed by atoms with Crippen molar-refractivity contribution < 1.29 is 4.43 Å². The summed E-state index contributed by atoms with van der Waals surface area (Å²) in [5.41, 5.74) is 0. The van der Waals surface area contributed by atoms with Gasteiger partial charge in [-0.05, 0) is 37.5 Å². The van der Waals surface area contributed by atoms with Gasteiger partial charge in [0, 0.05) is 4.88 Å². The molecule has 3 heteroatoms. The first kappa shape index (κ1) is 11.0. The van der Waals surface area contributed by atoms with Gasteiger partial charge in [-0.25, -0.2) is 0 Å². The average molecular weight is 214 g/mol. The van der Waals surface area contributed by atoms with Gasteiger partial charge in [0.15, 0.2) is 8.32 Å². The molecule has 0 aromatic carbocycles. The fourth-order valence-corrected chi connectivity index (χ4v) is 3.31. The van der Waals surface area contributed by atoms with Gasteiger partial charge in [0.25, 0.3) is 0 Å². The zero-order valence-corrected chi connectivity index (χ0v) is 10.6. The van der Waals surface area contributed by atoms with Crippen LogP contribution in [0.2, 0.25) is 19.6 Å². The van der Waals surface area contributed by atoms with Crippen molar-refractivity contribution in [3.05, 3.63) is 22.4 Å². The van der Waals surface area contributed by atoms with E-state index in [1.807, 2.05) is 0 Å². The minimum absolute atomic E-state index is 0.326. The maximum Gasteiger partial charge on any atom is 0.184 e. The first-order valence-corrected chi connectivity index (χ1v) is 9.03. The lowest BCUT2D eigenvalue weighted by Gasteiger charge is -2.24. The predicted octanol–water partition coefficient (Wildman–Crippen LogP) is 4.05. The van der Waals surface area contributed by atoms with Crippen LogP contribution in [0.4, 0.5) is 0 Å². The Balaban J connectivity index is 2.64. The number of hydrogen-bond donors (Lipinski definition) is 0. The van der Waals surface area contributed by atoms with Gasteiger partial charge in [0.1, 0.15) is 0 Å². The zero-order valence-electron chi connectivity index (χ0n) is 8.83. The van der Waals surface area contributed by atoms with E-state index in [4.69, 9.17) is 4.43 Å². The van der Waals surface area contributed by atoms with E-state index in [0.717, 1.165) is 6.42 Å². The van der Waals surface area contributed by atoms with Crippen LogP contribution in [0.5, 0.6) is 0 Å². The molecule has 1 rings (SSSR count). The second kappa shape index (κ2) is 4.40. The topological polar surface area (TPSA) is 9.23 Å². The Morgan fingerprint density at radius 3 is 2.54 bits per heavy atom. The molecule has 0 amide bonds. The molecule has 13 heavy (non-hydrogen) atoms. The van der Waals surface area contributed by atoms with Crippen molar-refractivity contribution in [1.82, 2.24) is 0 Å². The fraction of sp³-hybridized carbons (Fsp3) is 0.600. The lowest BCUT2D eigenvalue weighted by atomic mass is 10.2. The molecule has 0 fully saturated rings. The average Bonchev–Trinajstić information content (AvgIpc) is 2.50. The van der Waals surface area contributed by atoms with Crippen LogP contribution >= 0.6 is 11.3 Å². The standard InChI is InChI=1S/C10H18OSSi/c1-5-9(11-13(2,3)4)10-7-6-8-12-10/h6-9H,5H2,1-4H3. The summed E-state index contributed by atoms with van der Waals surface area (Å²) in [7, 11) is -1.39. The quantitative estimate of drug-likeness (QED) is 0.687. The highest BCUT2D eigenvalue weighted by atomic mass is 32.1. The van der Waals surface area contributed by atoms with E-state index in [-0.39, 0.29) is 0 Å². The third-order valence-corrected chi connectivity index (χ3v) is 3.68. The zero-order chi connectivity index (χ0) is 9.90. The normalized spacial score (nSPS) is 14.5. The maximum absolute atomic E-state index is 6.08. The Morgan fingerprint density at radius 1 is 1.46 bits per heavy atom. The largest absolute Gasteiger partial charge is 0.410 e. The van der Waals surface area contributed by atoms with E-state index in [0.29, 0.717) is 6.10 Å². The van der Waals surface area contributed by atoms with E-state index < -0.39 is 8.32 Å². The van der Waals surface area contributed by atoms with Gasteiger partial charge in [-0.3, -0.25) is 0 Å². The smallest absolute Gasteiger partial charge is 0.184 e. The first-order valence-electron chi connectivity index (χ1n) is 4.74. The second-order valence-electron chi connectivity index (χ2n) is 4.14. The number of hydrogen-bond acceptors (Lipinski definition) is 2. The maximum atomic E-state index is 6.08. The third kappa shape index (κ3) is 3.63. The fourth-order valence-electron chi connectivity index (χ4n) is 1.24. The monoisotopic (exact) mass is 214 g/mol. The summed E-state index contributed by atoms with van der Waals surface area (Å²) in [6.45, 7) is 8.90. The minimum Gasteiger partial charge on any atom is -0.410 e. The molecule has 0 N–H and O–H groups in total. The summed E-state index contributed by atoms with van der Waals surface area (Å²) >= 11 is 1.79. The van der Waals surface area contributed by atoms with Gasteiger partial charge >= 0.3 is 0 Å². The predicted molar refractivity (Wildman–Crippen MR) is 61.8 cm³/mol. The Kier molecular flexibility index (Phi) is 3.70. The molecule has 0 bridgehead atoms. The summed E-state index contributed by atoms with van der Waals surface area (Å²) in [5, 5.41) is 2.12. The van der Waals surface area contributed by atoms with Crippen LogP contribution in [0.15, 0.2) is 17.5 Å². The van der Waals surface area contributed by atoms with Crippen molar-refractivity contribution in [2.24, 2.45) is 0 Å². The summed E-state index contributed by atoms with van der Waals surface area (Å²) in [6, 6.07) is 4.26. The van der Waals surface area contributed by atoms with Crippen LogP contribution in [-0.4, -0.2) is 8.32 Å². The van der Waals surface area contributed by atoms with Crippen molar-refractivity contribution >= 4 is 19.7 Å². The minimum atomic E-state index is -1.39. The molecule has 0 aliphatic rings. The molecule has 0 saturated carbocycles. The van der Waals surface area contributed by atoms with E-state index in [1.54, 1.807) is 11.3 Å². The van der Waals surface area contributed by atoms with Crippen molar-refractivity contribution in [2.75, 3.05) is 0 Å². The molecule has 1 heterocycles. The molecular weight excluding hydrogens is 196 g/mol. The lowest BCUT2D eigenvalue weighted by Crippen LogP contribution is -2.27. The summed E-state index contributed by atoms with van der Waals surface area (Å²) in [5.74, 6) is 0. The van der Waals surface area contributed by atoms with E-state index in [2.05, 4.69) is 44.1 Å². The third-order valence-electron chi connectivity index (χ3n) is 1.73. The molecular formula is C10H18OSSi. The highest BCUT2D eigenvalue weighted by Gasteiger charge is 2.21. The van der Waals surface area contributed by atoms with Crippen LogP contribution in [0.3, 0.4) is 0 Å². The highest BCUT2D eigenvalue weighted by Crippen LogP contribution is 2.28. The number of rotatable bonds is 4. The summed E-state index contributed by atoms with van der Waals surface area (Å²) in [6.07, 6.45) is 1.40. The van der Waals surface area contributed by atoms with Gasteiger partial charge in [0.2, 0.25) is 0 Å². The molecule has 1 aromatic rings. The molecule has 1 atom stereocenters. The van der Waals surface area contributed by atoms with Crippen LogP contribution in [0.1, 0.15) is 24.3 Å². The molecule has 1 unspecified atom stereocenters. The van der Waals surface area contributed by atoms with Crippen LogP contribution in [0.25, 0.3) is 0 Å². The SMILES string of the molecule is CCC(O[Si](C)(C)C)c1cccs1. The van der Waals surface area contributed by atoms with Gasteiger partial charge in [0.05, 0.1) is 6.10 Å². The molecule has 0 spiro atoms. The summed E-state index contributed by atoms with van der Waals surface area (Å²) in [4.78, 5) is 1.37. The molecule has 1 nitrogen and oxygen atoms in total. The number of thiophene rings is 1. The van der Waals surface area contributed by atoms with Crippen LogP contribution in [-0.2, 0) is 4.43 Å². The Labute approximate surface area is 85.9 Å². The first-order chi connectivity index (χ1) is 6.03. The van der Waals surface area contributed by atoms with Crippen molar-refractivity contribution in [3.63, 3.8) is 0 Å². The Hall–Kier alpha value is -0.123. The van der Waals surface area contributed by atoms with E-state index in [1.165, 1.54) is 4.88 Å². The van der Waals surface area contributed by atoms with Crippen molar-refractivity contribution in [2.45, 2.75) is 39.1 Å². The van der Waals surface area contributed by atoms with Crippen LogP contribution < -0.4 is 0 Å². The van der Waals surface area contributed by atoms with Gasteiger partial charge in [-0.2, -0.15) is 0 Å². The van der Waals surface area contributed by atoms with Gasteiger partial charge in [-0.15, -0.1) is 11.3 Å². The van der Waals surface area contributed by atoms with Crippen molar-refractivity contribution in [3.8, 4) is 0 Å². The van der Waals surface area contributed by atoms with Crippen LogP contribution in [0, 0.1) is 0 Å². The van der Waals surface area contributed by atoms with Gasteiger partial charge < -0.3 is 4.43 Å². The molecule has 1 aromatic heterocycles.